The van der Waals surface area contributed by atoms with E-state index < -0.39 is 87.5 Å². The number of likely N-dealkylation sites (N-methyl/N-ethyl adjacent to an activating group) is 1. The maximum atomic E-state index is 14.7. The van der Waals surface area contributed by atoms with E-state index in [1.165, 1.54) is 0 Å². The number of primary amides is 1. The third kappa shape index (κ3) is 4.12. The van der Waals surface area contributed by atoms with Crippen LogP contribution in [0.2, 0.25) is 0 Å². The van der Waals surface area contributed by atoms with Gasteiger partial charge in [-0.25, -0.2) is 0 Å². The number of hydrogen-bond donors (Lipinski definition) is 5. The van der Waals surface area contributed by atoms with Gasteiger partial charge in [-0.3, -0.25) is 28.9 Å². The van der Waals surface area contributed by atoms with E-state index in [2.05, 4.69) is 0 Å². The quantitative estimate of drug-likeness (QED) is 0.287. The topological polar surface area (TPSA) is 196 Å². The lowest BCUT2D eigenvalue weighted by atomic mass is 9.33. The number of Topliss-reactive ketones (excluding diaryl/α,β-unsaturated/α-hetero) is 4. The molecule has 0 aromatic heterocycles. The van der Waals surface area contributed by atoms with Crippen LogP contribution in [0.25, 0.3) is 0 Å². The van der Waals surface area contributed by atoms with Crippen molar-refractivity contribution < 1.29 is 44.4 Å². The second-order valence-electron chi connectivity index (χ2n) is 14.8. The van der Waals surface area contributed by atoms with Gasteiger partial charge in [0.25, 0.3) is 0 Å². The van der Waals surface area contributed by atoms with Crippen LogP contribution in [-0.4, -0.2) is 92.3 Å². The fourth-order valence-corrected chi connectivity index (χ4v) is 10.2. The number of ketones is 4. The van der Waals surface area contributed by atoms with E-state index in [9.17, 15) is 44.4 Å². The Kier molecular flexibility index (Phi) is 8.00. The molecule has 246 valence electrons. The van der Waals surface area contributed by atoms with Crippen LogP contribution in [-0.2, 0) is 19.2 Å². The van der Waals surface area contributed by atoms with E-state index in [1.807, 2.05) is 11.8 Å². The highest BCUT2D eigenvalue weighted by Crippen LogP contribution is 2.71. The summed E-state index contributed by atoms with van der Waals surface area (Å²) in [7, 11) is 1.78. The molecule has 11 atom stereocenters. The minimum absolute atomic E-state index is 0.0909. The Balaban J connectivity index is 1.81. The SMILES string of the molecule is CCC(=O)C[C@@H]1[C@@]2(C)[C@H](C)c3ccc([C@@H]4CN(C)CC4=O)c(O)c3C(=O)[C@@H]2C(O)[C@@]2(O)C(=O)[C@H](C(N)=O)C(O)[C@H](C(C)C)[C@@]12C. The Hall–Kier alpha value is -2.99. The first-order chi connectivity index (χ1) is 20.8. The molecule has 0 spiro atoms. The molecule has 6 N–H and O–H groups in total. The van der Waals surface area contributed by atoms with Crippen molar-refractivity contribution in [1.82, 2.24) is 4.90 Å². The van der Waals surface area contributed by atoms with Gasteiger partial charge in [0.2, 0.25) is 5.91 Å². The van der Waals surface area contributed by atoms with Crippen molar-refractivity contribution in [2.75, 3.05) is 20.1 Å². The average Bonchev–Trinajstić information content (AvgIpc) is 3.29. The number of nitrogens with zero attached hydrogens (tertiary/aromatic N) is 1. The van der Waals surface area contributed by atoms with Crippen LogP contribution in [0.1, 0.15) is 87.7 Å². The van der Waals surface area contributed by atoms with Crippen molar-refractivity contribution in [1.29, 1.82) is 0 Å². The van der Waals surface area contributed by atoms with Gasteiger partial charge in [0, 0.05) is 30.4 Å². The summed E-state index contributed by atoms with van der Waals surface area (Å²) in [5, 5.41) is 48.1. The lowest BCUT2D eigenvalue weighted by Gasteiger charge is -2.71. The minimum atomic E-state index is -2.76. The zero-order valence-electron chi connectivity index (χ0n) is 27.0. The molecule has 0 bridgehead atoms. The largest absolute Gasteiger partial charge is 0.507 e. The van der Waals surface area contributed by atoms with Crippen molar-refractivity contribution in [2.45, 2.75) is 84.0 Å². The van der Waals surface area contributed by atoms with E-state index >= 15 is 0 Å². The minimum Gasteiger partial charge on any atom is -0.507 e. The summed E-state index contributed by atoms with van der Waals surface area (Å²) < 4.78 is 0. The molecule has 1 aromatic rings. The summed E-state index contributed by atoms with van der Waals surface area (Å²) in [5.74, 6) is -10.8. The first kappa shape index (κ1) is 33.4. The number of fused-ring (bicyclic) bond motifs is 3. The zero-order chi connectivity index (χ0) is 33.7. The number of carbonyl (C=O) groups is 5. The van der Waals surface area contributed by atoms with Crippen LogP contribution in [0.15, 0.2) is 12.1 Å². The summed E-state index contributed by atoms with van der Waals surface area (Å²) in [6.45, 7) is 10.9. The van der Waals surface area contributed by atoms with Gasteiger partial charge in [-0.15, -0.1) is 0 Å². The fourth-order valence-electron chi connectivity index (χ4n) is 10.2. The molecule has 11 heteroatoms. The number of aliphatic hydroxyl groups is 3. The van der Waals surface area contributed by atoms with Crippen LogP contribution < -0.4 is 5.73 Å². The molecule has 1 aromatic carbocycles. The third-order valence-corrected chi connectivity index (χ3v) is 12.5. The molecule has 5 rings (SSSR count). The second kappa shape index (κ2) is 10.8. The molecule has 3 aliphatic carbocycles. The van der Waals surface area contributed by atoms with E-state index in [-0.39, 0.29) is 47.8 Å². The molecule has 1 aliphatic heterocycles. The Morgan fingerprint density at radius 2 is 1.71 bits per heavy atom. The average molecular weight is 627 g/mol. The van der Waals surface area contributed by atoms with Crippen molar-refractivity contribution in [3.63, 3.8) is 0 Å². The number of aliphatic hydroxyl groups excluding tert-OH is 2. The Bertz CT molecular complexity index is 1490. The molecular formula is C34H46N2O9. The summed E-state index contributed by atoms with van der Waals surface area (Å²) in [6.07, 6.45) is -3.72. The Morgan fingerprint density at radius 1 is 1.11 bits per heavy atom. The summed E-state index contributed by atoms with van der Waals surface area (Å²) in [5.41, 5.74) is 0.556. The van der Waals surface area contributed by atoms with Gasteiger partial charge in [-0.2, -0.15) is 0 Å². The van der Waals surface area contributed by atoms with E-state index in [1.54, 1.807) is 53.8 Å². The lowest BCUT2D eigenvalue weighted by Crippen LogP contribution is -2.82. The van der Waals surface area contributed by atoms with Gasteiger partial charge >= 0.3 is 0 Å². The first-order valence-corrected chi connectivity index (χ1v) is 15.9. The Labute approximate surface area is 263 Å². The number of phenolic OH excluding ortho intramolecular Hbond substituents is 1. The van der Waals surface area contributed by atoms with Crippen LogP contribution in [0, 0.1) is 40.4 Å². The molecule has 0 radical (unpaired) electrons. The standard InChI is InChI=1S/C34H46N2O9/c1-8-16(37)11-21-32(5)15(4)17-9-10-18(19-12-36(7)13-20(19)38)26(39)22(17)27(40)25(32)30(43)34(45)29(42)23(31(35)44)28(41)24(14(2)3)33(21,34)6/h9-10,14-15,19,21,23-25,28,30,39,41,43,45H,8,11-13H2,1-7H3,(H2,35,44)/t15-,19+,21-,23-,24+,25-,28?,30?,32-,33-,34+/m1/s1. The molecule has 1 heterocycles. The fraction of sp³-hybridized carbons (Fsp3) is 0.676. The van der Waals surface area contributed by atoms with E-state index in [4.69, 9.17) is 5.73 Å². The van der Waals surface area contributed by atoms with Gasteiger partial charge in [0.15, 0.2) is 23.0 Å². The smallest absolute Gasteiger partial charge is 0.230 e. The molecule has 45 heavy (non-hydrogen) atoms. The summed E-state index contributed by atoms with van der Waals surface area (Å²) in [6, 6.07) is 3.35. The highest BCUT2D eigenvalue weighted by Gasteiger charge is 2.80. The molecule has 2 unspecified atom stereocenters. The van der Waals surface area contributed by atoms with Crippen molar-refractivity contribution in [3.8, 4) is 5.75 Å². The maximum Gasteiger partial charge on any atom is 0.230 e. The molecule has 1 saturated heterocycles. The summed E-state index contributed by atoms with van der Waals surface area (Å²) in [4.78, 5) is 69.5. The van der Waals surface area contributed by atoms with Crippen LogP contribution >= 0.6 is 0 Å². The number of carbonyl (C=O) groups excluding carboxylic acids is 5. The maximum absolute atomic E-state index is 14.7. The van der Waals surface area contributed by atoms with Crippen molar-refractivity contribution in [2.24, 2.45) is 46.2 Å². The lowest BCUT2D eigenvalue weighted by molar-refractivity contribution is -0.292. The Morgan fingerprint density at radius 3 is 2.22 bits per heavy atom. The monoisotopic (exact) mass is 626 g/mol. The predicted octanol–water partition coefficient (Wildman–Crippen LogP) is 1.33. The van der Waals surface area contributed by atoms with Gasteiger partial charge in [-0.1, -0.05) is 53.7 Å². The highest BCUT2D eigenvalue weighted by atomic mass is 16.4. The van der Waals surface area contributed by atoms with Crippen LogP contribution in [0.4, 0.5) is 0 Å². The molecule has 3 fully saturated rings. The van der Waals surface area contributed by atoms with Crippen molar-refractivity contribution in [3.05, 3.63) is 28.8 Å². The van der Waals surface area contributed by atoms with Gasteiger partial charge < -0.3 is 26.2 Å². The zero-order valence-corrected chi connectivity index (χ0v) is 27.0. The number of rotatable bonds is 6. The second-order valence-corrected chi connectivity index (χ2v) is 14.8. The van der Waals surface area contributed by atoms with Gasteiger partial charge in [0.05, 0.1) is 30.0 Å². The third-order valence-electron chi connectivity index (χ3n) is 12.5. The predicted molar refractivity (Wildman–Crippen MR) is 162 cm³/mol. The first-order valence-electron chi connectivity index (χ1n) is 15.9. The number of benzene rings is 1. The molecule has 4 aliphatic rings. The van der Waals surface area contributed by atoms with Crippen LogP contribution in [0.5, 0.6) is 5.75 Å². The molecular weight excluding hydrogens is 580 g/mol. The molecule has 11 nitrogen and oxygen atoms in total. The number of likely N-dealkylation sites (tertiary alicyclic amines) is 1. The number of aromatic hydroxyl groups is 1. The molecule has 1 amide bonds. The molecule has 2 saturated carbocycles. The van der Waals surface area contributed by atoms with Crippen molar-refractivity contribution >= 4 is 29.0 Å². The van der Waals surface area contributed by atoms with E-state index in [0.29, 0.717) is 12.1 Å². The summed E-state index contributed by atoms with van der Waals surface area (Å²) >= 11 is 0. The van der Waals surface area contributed by atoms with Gasteiger partial charge in [-0.05, 0) is 41.7 Å². The number of hydrogen-bond acceptors (Lipinski definition) is 10. The normalized spacial score (nSPS) is 41.5. The number of phenols is 1. The van der Waals surface area contributed by atoms with Gasteiger partial charge in [0.1, 0.15) is 23.6 Å². The number of nitrogens with two attached hydrogens (primary N) is 1. The highest BCUT2D eigenvalue weighted by molar-refractivity contribution is 6.10. The number of amides is 1. The van der Waals surface area contributed by atoms with Crippen LogP contribution in [0.3, 0.4) is 0 Å². The van der Waals surface area contributed by atoms with E-state index in [0.717, 1.165) is 0 Å².